The maximum atomic E-state index is 12.0. The molecule has 1 aromatic heterocycles. The molecule has 9 heteroatoms. The van der Waals surface area contributed by atoms with Crippen LogP contribution in [0.5, 0.6) is 0 Å². The van der Waals surface area contributed by atoms with Crippen molar-refractivity contribution in [3.63, 3.8) is 0 Å². The van der Waals surface area contributed by atoms with Crippen molar-refractivity contribution in [3.05, 3.63) is 5.82 Å². The first-order valence-electron chi connectivity index (χ1n) is 6.78. The highest BCUT2D eigenvalue weighted by Gasteiger charge is 2.49. The number of hydrogen-bond donors (Lipinski definition) is 1. The third-order valence-electron chi connectivity index (χ3n) is 2.90. The molecule has 0 unspecified atom stereocenters. The Bertz CT molecular complexity index is 576. The lowest BCUT2D eigenvalue weighted by atomic mass is 9.95. The molecule has 122 valence electrons. The Labute approximate surface area is 137 Å². The molecule has 2 rings (SSSR count). The van der Waals surface area contributed by atoms with Crippen molar-refractivity contribution in [2.45, 2.75) is 48.8 Å². The van der Waals surface area contributed by atoms with Gasteiger partial charge in [0.05, 0.1) is 11.2 Å². The lowest BCUT2D eigenvalue weighted by molar-refractivity contribution is -0.138. The fraction of sp³-hybridized carbons (Fsp3) is 0.692. The summed E-state index contributed by atoms with van der Waals surface area (Å²) in [5.41, 5.74) is -0.564. The SMILES string of the molecule is Cc1nsc(SC2(CC(=O)O)CN(C(=O)OC(C)(C)C)C2)n1. The number of nitrogens with zero attached hydrogens (tertiary/aromatic N) is 3. The molecule has 22 heavy (non-hydrogen) atoms. The van der Waals surface area contributed by atoms with E-state index < -0.39 is 22.4 Å². The molecule has 2 heterocycles. The van der Waals surface area contributed by atoms with Gasteiger partial charge in [0.25, 0.3) is 0 Å². The quantitative estimate of drug-likeness (QED) is 0.895. The van der Waals surface area contributed by atoms with Gasteiger partial charge in [-0.25, -0.2) is 9.78 Å². The molecule has 1 fully saturated rings. The van der Waals surface area contributed by atoms with Crippen LogP contribution in [0.15, 0.2) is 4.34 Å². The van der Waals surface area contributed by atoms with E-state index in [4.69, 9.17) is 9.84 Å². The number of rotatable bonds is 4. The maximum Gasteiger partial charge on any atom is 0.410 e. The number of carboxylic acid groups (broad SMARTS) is 1. The van der Waals surface area contributed by atoms with Gasteiger partial charge in [-0.1, -0.05) is 11.8 Å². The number of aliphatic carboxylic acids is 1. The molecule has 1 aliphatic rings. The van der Waals surface area contributed by atoms with Gasteiger partial charge >= 0.3 is 12.1 Å². The number of carbonyl (C=O) groups excluding carboxylic acids is 1. The van der Waals surface area contributed by atoms with Gasteiger partial charge in [-0.05, 0) is 39.2 Å². The van der Waals surface area contributed by atoms with Crippen molar-refractivity contribution < 1.29 is 19.4 Å². The van der Waals surface area contributed by atoms with E-state index in [0.717, 1.165) is 4.34 Å². The summed E-state index contributed by atoms with van der Waals surface area (Å²) >= 11 is 2.63. The maximum absolute atomic E-state index is 12.0. The smallest absolute Gasteiger partial charge is 0.410 e. The van der Waals surface area contributed by atoms with Gasteiger partial charge in [0, 0.05) is 13.1 Å². The number of ether oxygens (including phenoxy) is 1. The van der Waals surface area contributed by atoms with E-state index in [1.54, 1.807) is 27.7 Å². The first-order chi connectivity index (χ1) is 10.1. The Kier molecular flexibility index (Phi) is 4.67. The van der Waals surface area contributed by atoms with Crippen molar-refractivity contribution in [1.82, 2.24) is 14.3 Å². The third kappa shape index (κ3) is 4.33. The van der Waals surface area contributed by atoms with Crippen LogP contribution in [0.25, 0.3) is 0 Å². The highest BCUT2D eigenvalue weighted by atomic mass is 32.2. The van der Waals surface area contributed by atoms with Crippen LogP contribution < -0.4 is 0 Å². The molecule has 1 saturated heterocycles. The molecular weight excluding hydrogens is 326 g/mol. The predicted octanol–water partition coefficient (Wildman–Crippen LogP) is 2.40. The summed E-state index contributed by atoms with van der Waals surface area (Å²) in [6.07, 6.45) is -0.446. The van der Waals surface area contributed by atoms with Crippen LogP contribution >= 0.6 is 23.3 Å². The van der Waals surface area contributed by atoms with E-state index in [1.165, 1.54) is 28.2 Å². The Hall–Kier alpha value is -1.35. The van der Waals surface area contributed by atoms with Crippen molar-refractivity contribution in [3.8, 4) is 0 Å². The molecule has 0 bridgehead atoms. The Morgan fingerprint density at radius 3 is 2.55 bits per heavy atom. The van der Waals surface area contributed by atoms with Crippen LogP contribution in [0.4, 0.5) is 4.79 Å². The first-order valence-corrected chi connectivity index (χ1v) is 8.37. The highest BCUT2D eigenvalue weighted by molar-refractivity contribution is 8.02. The molecule has 0 aliphatic carbocycles. The predicted molar refractivity (Wildman–Crippen MR) is 83.3 cm³/mol. The zero-order chi connectivity index (χ0) is 16.5. The molecule has 1 aromatic rings. The number of likely N-dealkylation sites (tertiary alicyclic amines) is 1. The van der Waals surface area contributed by atoms with Gasteiger partial charge in [-0.3, -0.25) is 4.79 Å². The molecule has 0 atom stereocenters. The molecular formula is C13H19N3O4S2. The second-order valence-corrected chi connectivity index (χ2v) is 8.77. The molecule has 1 N–H and O–H groups in total. The lowest BCUT2D eigenvalue weighted by Gasteiger charge is -2.48. The van der Waals surface area contributed by atoms with E-state index >= 15 is 0 Å². The van der Waals surface area contributed by atoms with Crippen LogP contribution in [0.2, 0.25) is 0 Å². The Morgan fingerprint density at radius 1 is 1.45 bits per heavy atom. The molecule has 1 aliphatic heterocycles. The molecule has 0 radical (unpaired) electrons. The van der Waals surface area contributed by atoms with Gasteiger partial charge in [-0.15, -0.1) is 0 Å². The summed E-state index contributed by atoms with van der Waals surface area (Å²) < 4.78 is 9.56. The summed E-state index contributed by atoms with van der Waals surface area (Å²) in [6, 6.07) is 0. The zero-order valence-corrected chi connectivity index (χ0v) is 14.6. The number of hydrogen-bond acceptors (Lipinski definition) is 7. The second kappa shape index (κ2) is 6.04. The highest BCUT2D eigenvalue weighted by Crippen LogP contribution is 2.43. The van der Waals surface area contributed by atoms with Gasteiger partial charge in [0.1, 0.15) is 11.4 Å². The average molecular weight is 345 g/mol. The van der Waals surface area contributed by atoms with Crippen molar-refractivity contribution in [2.75, 3.05) is 13.1 Å². The zero-order valence-electron chi connectivity index (χ0n) is 13.0. The standard InChI is InChI=1S/C13H19N3O4S2/c1-8-14-10(22-15-8)21-13(5-9(17)18)6-16(7-13)11(19)20-12(2,3)4/h5-7H2,1-4H3,(H,17,18). The molecule has 0 aromatic carbocycles. The van der Waals surface area contributed by atoms with Gasteiger partial charge in [0.15, 0.2) is 4.34 Å². The van der Waals surface area contributed by atoms with E-state index in [-0.39, 0.29) is 6.42 Å². The Balaban J connectivity index is 2.02. The minimum absolute atomic E-state index is 0.0322. The number of aromatic nitrogens is 2. The Morgan fingerprint density at radius 2 is 2.09 bits per heavy atom. The van der Waals surface area contributed by atoms with Gasteiger partial charge in [-0.2, -0.15) is 4.37 Å². The molecule has 7 nitrogen and oxygen atoms in total. The molecule has 0 spiro atoms. The second-order valence-electron chi connectivity index (χ2n) is 6.30. The number of amides is 1. The van der Waals surface area contributed by atoms with Gasteiger partial charge in [0.2, 0.25) is 0 Å². The third-order valence-corrected chi connectivity index (χ3v) is 5.07. The van der Waals surface area contributed by atoms with E-state index in [9.17, 15) is 9.59 Å². The van der Waals surface area contributed by atoms with E-state index in [0.29, 0.717) is 18.9 Å². The van der Waals surface area contributed by atoms with Crippen molar-refractivity contribution in [1.29, 1.82) is 0 Å². The summed E-state index contributed by atoms with van der Waals surface area (Å²) in [6.45, 7) is 7.85. The normalized spacial score (nSPS) is 17.0. The van der Waals surface area contributed by atoms with Crippen LogP contribution in [0.3, 0.4) is 0 Å². The summed E-state index contributed by atoms with van der Waals surface area (Å²) in [7, 11) is 0. The minimum Gasteiger partial charge on any atom is -0.481 e. The van der Waals surface area contributed by atoms with E-state index in [1.807, 2.05) is 0 Å². The van der Waals surface area contributed by atoms with Crippen molar-refractivity contribution >= 4 is 35.4 Å². The summed E-state index contributed by atoms with van der Waals surface area (Å²) in [4.78, 5) is 28.9. The first kappa shape index (κ1) is 17.0. The fourth-order valence-electron chi connectivity index (χ4n) is 2.10. The van der Waals surface area contributed by atoms with Crippen molar-refractivity contribution in [2.24, 2.45) is 0 Å². The largest absolute Gasteiger partial charge is 0.481 e. The fourth-order valence-corrected chi connectivity index (χ4v) is 4.50. The number of thioether (sulfide) groups is 1. The van der Waals surface area contributed by atoms with Crippen LogP contribution in [-0.4, -0.2) is 54.9 Å². The molecule has 0 saturated carbocycles. The molecule has 1 amide bonds. The summed E-state index contributed by atoms with van der Waals surface area (Å²) in [5.74, 6) is -0.223. The van der Waals surface area contributed by atoms with Crippen LogP contribution in [0.1, 0.15) is 33.0 Å². The lowest BCUT2D eigenvalue weighted by Crippen LogP contribution is -2.62. The number of carboxylic acids is 1. The van der Waals surface area contributed by atoms with Gasteiger partial charge < -0.3 is 14.7 Å². The monoisotopic (exact) mass is 345 g/mol. The average Bonchev–Trinajstić information content (AvgIpc) is 2.67. The topological polar surface area (TPSA) is 92.6 Å². The number of aryl methyl sites for hydroxylation is 1. The van der Waals surface area contributed by atoms with E-state index in [2.05, 4.69) is 9.36 Å². The van der Waals surface area contributed by atoms with Crippen LogP contribution in [-0.2, 0) is 9.53 Å². The van der Waals surface area contributed by atoms with Crippen LogP contribution in [0, 0.1) is 6.92 Å². The minimum atomic E-state index is -0.891. The number of carbonyl (C=O) groups is 2. The summed E-state index contributed by atoms with van der Waals surface area (Å²) in [5, 5.41) is 9.13.